The molecule has 0 radical (unpaired) electrons. The Balaban J connectivity index is 1.21. The number of carbonyl (C=O) groups is 1. The standard InChI is InChI=1S/C23H25FN2O5/c24-19-7-14(6-15-12-30-22(28)25-21(15)19)20(27)11-26-10-16-8-18(9-23(16,29)13-26)31-17-4-2-1-3-5-17/h1-7,16,18,20,27,29H,8-13H2,(H,25,28)/t16-,18+,20?,23-/m1/s1. The van der Waals surface area contributed by atoms with Crippen LogP contribution in [0.1, 0.15) is 30.1 Å². The van der Waals surface area contributed by atoms with Gasteiger partial charge in [0.25, 0.3) is 0 Å². The van der Waals surface area contributed by atoms with Gasteiger partial charge in [0.05, 0.1) is 17.4 Å². The summed E-state index contributed by atoms with van der Waals surface area (Å²) in [6, 6.07) is 12.5. The molecule has 1 aliphatic carbocycles. The molecule has 1 saturated heterocycles. The van der Waals surface area contributed by atoms with Crippen molar-refractivity contribution in [2.45, 2.75) is 37.3 Å². The molecular formula is C23H25FN2O5. The number of amides is 1. The fourth-order valence-electron chi connectivity index (χ4n) is 5.07. The zero-order chi connectivity index (χ0) is 21.6. The van der Waals surface area contributed by atoms with Crippen molar-refractivity contribution in [1.82, 2.24) is 4.90 Å². The maximum absolute atomic E-state index is 14.4. The second-order valence-electron chi connectivity index (χ2n) is 8.74. The van der Waals surface area contributed by atoms with Gasteiger partial charge < -0.3 is 19.7 Å². The molecule has 3 aliphatic rings. The first kappa shape index (κ1) is 20.2. The molecule has 4 atom stereocenters. The molecule has 2 aliphatic heterocycles. The summed E-state index contributed by atoms with van der Waals surface area (Å²) in [5, 5.41) is 24.2. The van der Waals surface area contributed by atoms with E-state index in [1.54, 1.807) is 6.07 Å². The van der Waals surface area contributed by atoms with Crippen LogP contribution < -0.4 is 10.1 Å². The summed E-state index contributed by atoms with van der Waals surface area (Å²) in [5.74, 6) is 0.274. The van der Waals surface area contributed by atoms with Gasteiger partial charge in [-0.3, -0.25) is 10.2 Å². The van der Waals surface area contributed by atoms with Crippen molar-refractivity contribution in [3.63, 3.8) is 0 Å². The highest BCUT2D eigenvalue weighted by molar-refractivity contribution is 5.87. The van der Waals surface area contributed by atoms with Crippen LogP contribution in [0.3, 0.4) is 0 Å². The number of para-hydroxylation sites is 1. The first-order valence-corrected chi connectivity index (χ1v) is 10.5. The van der Waals surface area contributed by atoms with Crippen molar-refractivity contribution >= 4 is 11.8 Å². The molecule has 31 heavy (non-hydrogen) atoms. The summed E-state index contributed by atoms with van der Waals surface area (Å²) in [4.78, 5) is 13.3. The van der Waals surface area contributed by atoms with Crippen LogP contribution in [0.2, 0.25) is 0 Å². The maximum atomic E-state index is 14.4. The van der Waals surface area contributed by atoms with Gasteiger partial charge >= 0.3 is 6.09 Å². The summed E-state index contributed by atoms with van der Waals surface area (Å²) in [7, 11) is 0. The van der Waals surface area contributed by atoms with E-state index in [1.165, 1.54) is 6.07 Å². The molecule has 7 nitrogen and oxygen atoms in total. The van der Waals surface area contributed by atoms with E-state index < -0.39 is 23.6 Å². The number of aliphatic hydroxyl groups is 2. The highest BCUT2D eigenvalue weighted by Gasteiger charge is 2.52. The molecule has 2 aromatic rings. The summed E-state index contributed by atoms with van der Waals surface area (Å²) in [5.41, 5.74) is 0.164. The molecule has 8 heteroatoms. The fourth-order valence-corrected chi connectivity index (χ4v) is 5.07. The number of benzene rings is 2. The van der Waals surface area contributed by atoms with Crippen LogP contribution in [0.25, 0.3) is 0 Å². The number of β-amino-alcohol motifs (C(OH)–C–C–N with tert-alkyl or cyclic N) is 2. The van der Waals surface area contributed by atoms with E-state index in [4.69, 9.17) is 9.47 Å². The number of fused-ring (bicyclic) bond motifs is 2. The lowest BCUT2D eigenvalue weighted by Crippen LogP contribution is -2.36. The van der Waals surface area contributed by atoms with Gasteiger partial charge in [-0.15, -0.1) is 0 Å². The lowest BCUT2D eigenvalue weighted by atomic mass is 9.95. The third-order valence-corrected chi connectivity index (χ3v) is 6.51. The topological polar surface area (TPSA) is 91.3 Å². The van der Waals surface area contributed by atoms with Crippen molar-refractivity contribution in [2.24, 2.45) is 5.92 Å². The Morgan fingerprint density at radius 2 is 2.13 bits per heavy atom. The molecule has 1 amide bonds. The molecule has 5 rings (SSSR count). The second kappa shape index (κ2) is 7.78. The number of halogens is 1. The smallest absolute Gasteiger partial charge is 0.412 e. The van der Waals surface area contributed by atoms with E-state index in [9.17, 15) is 19.4 Å². The number of ether oxygens (including phenoxy) is 2. The van der Waals surface area contributed by atoms with Gasteiger partial charge in [0.2, 0.25) is 0 Å². The quantitative estimate of drug-likeness (QED) is 0.679. The lowest BCUT2D eigenvalue weighted by molar-refractivity contribution is 0.0178. The first-order chi connectivity index (χ1) is 14.9. The van der Waals surface area contributed by atoms with Crippen molar-refractivity contribution < 1.29 is 28.9 Å². The normalized spacial score (nSPS) is 28.4. The van der Waals surface area contributed by atoms with Gasteiger partial charge in [0, 0.05) is 37.5 Å². The molecule has 164 valence electrons. The fraction of sp³-hybridized carbons (Fsp3) is 0.435. The Morgan fingerprint density at radius 1 is 1.32 bits per heavy atom. The van der Waals surface area contributed by atoms with Crippen molar-refractivity contribution in [2.75, 3.05) is 25.0 Å². The van der Waals surface area contributed by atoms with Gasteiger partial charge in [-0.1, -0.05) is 18.2 Å². The number of rotatable bonds is 5. The third-order valence-electron chi connectivity index (χ3n) is 6.51. The Morgan fingerprint density at radius 3 is 2.90 bits per heavy atom. The molecule has 2 fully saturated rings. The van der Waals surface area contributed by atoms with Crippen LogP contribution in [0, 0.1) is 11.7 Å². The molecule has 1 saturated carbocycles. The number of aliphatic hydroxyl groups excluding tert-OH is 1. The van der Waals surface area contributed by atoms with Crippen LogP contribution in [-0.4, -0.2) is 52.5 Å². The number of hydrogen-bond donors (Lipinski definition) is 3. The van der Waals surface area contributed by atoms with Crippen LogP contribution in [0.4, 0.5) is 14.9 Å². The monoisotopic (exact) mass is 428 g/mol. The number of hydrogen-bond acceptors (Lipinski definition) is 6. The van der Waals surface area contributed by atoms with E-state index in [-0.39, 0.29) is 30.9 Å². The number of cyclic esters (lactones) is 1. The van der Waals surface area contributed by atoms with Gasteiger partial charge in [-0.05, 0) is 36.2 Å². The number of nitrogens with zero attached hydrogens (tertiary/aromatic N) is 1. The molecule has 0 spiro atoms. The van der Waals surface area contributed by atoms with Crippen LogP contribution in [-0.2, 0) is 11.3 Å². The van der Waals surface area contributed by atoms with E-state index in [1.807, 2.05) is 35.2 Å². The number of likely N-dealkylation sites (tertiary alicyclic amines) is 1. The zero-order valence-corrected chi connectivity index (χ0v) is 17.0. The molecule has 1 unspecified atom stereocenters. The first-order valence-electron chi connectivity index (χ1n) is 10.5. The Bertz CT molecular complexity index is 987. The summed E-state index contributed by atoms with van der Waals surface area (Å²) in [6.45, 7) is 1.34. The van der Waals surface area contributed by atoms with Crippen molar-refractivity contribution in [3.8, 4) is 5.75 Å². The summed E-state index contributed by atoms with van der Waals surface area (Å²) in [6.07, 6.45) is -0.344. The van der Waals surface area contributed by atoms with Crippen molar-refractivity contribution in [1.29, 1.82) is 0 Å². The summed E-state index contributed by atoms with van der Waals surface area (Å²) < 4.78 is 25.3. The maximum Gasteiger partial charge on any atom is 0.412 e. The average molecular weight is 428 g/mol. The van der Waals surface area contributed by atoms with Gasteiger partial charge in [0.15, 0.2) is 0 Å². The lowest BCUT2D eigenvalue weighted by Gasteiger charge is -2.26. The predicted octanol–water partition coefficient (Wildman–Crippen LogP) is 2.83. The zero-order valence-electron chi connectivity index (χ0n) is 17.0. The van der Waals surface area contributed by atoms with Crippen LogP contribution in [0.5, 0.6) is 5.75 Å². The van der Waals surface area contributed by atoms with Gasteiger partial charge in [0.1, 0.15) is 24.3 Å². The average Bonchev–Trinajstić information content (AvgIpc) is 3.19. The van der Waals surface area contributed by atoms with E-state index in [2.05, 4.69) is 5.32 Å². The third kappa shape index (κ3) is 3.98. The highest BCUT2D eigenvalue weighted by Crippen LogP contribution is 2.43. The van der Waals surface area contributed by atoms with Gasteiger partial charge in [-0.25, -0.2) is 9.18 Å². The minimum Gasteiger partial charge on any atom is -0.490 e. The number of carbonyl (C=O) groups excluding carboxylic acids is 1. The number of anilines is 1. The largest absolute Gasteiger partial charge is 0.490 e. The van der Waals surface area contributed by atoms with Crippen LogP contribution in [0.15, 0.2) is 42.5 Å². The van der Waals surface area contributed by atoms with Gasteiger partial charge in [-0.2, -0.15) is 0 Å². The molecular weight excluding hydrogens is 403 g/mol. The molecule has 2 heterocycles. The second-order valence-corrected chi connectivity index (χ2v) is 8.74. The Kier molecular flexibility index (Phi) is 5.08. The number of nitrogens with one attached hydrogen (secondary N) is 1. The molecule has 2 aromatic carbocycles. The van der Waals surface area contributed by atoms with E-state index >= 15 is 0 Å². The van der Waals surface area contributed by atoms with Crippen LogP contribution >= 0.6 is 0 Å². The molecule has 0 bridgehead atoms. The predicted molar refractivity (Wildman–Crippen MR) is 110 cm³/mol. The summed E-state index contributed by atoms with van der Waals surface area (Å²) >= 11 is 0. The SMILES string of the molecule is O=C1Nc2c(F)cc(C(O)CN3C[C@H]4C[C@H](Oc5ccccc5)C[C@@]4(O)C3)cc2CO1. The van der Waals surface area contributed by atoms with Crippen molar-refractivity contribution in [3.05, 3.63) is 59.4 Å². The van der Waals surface area contributed by atoms with E-state index in [0.717, 1.165) is 12.2 Å². The Hall–Kier alpha value is -2.68. The molecule has 0 aromatic heterocycles. The minimum atomic E-state index is -0.920. The van der Waals surface area contributed by atoms with E-state index in [0.29, 0.717) is 30.6 Å². The molecule has 3 N–H and O–H groups in total. The Labute approximate surface area is 179 Å². The minimum absolute atomic E-state index is 0.0329. The highest BCUT2D eigenvalue weighted by atomic mass is 19.1.